The fraction of sp³-hybridized carbons (Fsp3) is 0.240. The number of nitrogens with one attached hydrogen (secondary N) is 1. The molecule has 0 aromatic heterocycles. The average Bonchev–Trinajstić information content (AvgIpc) is 2.86. The molecule has 4 rings (SSSR count). The van der Waals surface area contributed by atoms with E-state index >= 15 is 0 Å². The van der Waals surface area contributed by atoms with Crippen LogP contribution in [0.25, 0.3) is 0 Å². The quantitative estimate of drug-likeness (QED) is 0.503. The molecule has 1 N–H and O–H groups in total. The largest absolute Gasteiger partial charge is 0.339 e. The van der Waals surface area contributed by atoms with Crippen molar-refractivity contribution in [1.82, 2.24) is 5.32 Å². The lowest BCUT2D eigenvalue weighted by Crippen LogP contribution is -2.29. The van der Waals surface area contributed by atoms with E-state index in [2.05, 4.69) is 28.4 Å². The SMILES string of the molecule is CNCCCCN1c2cc(Cl)ccc2C(=O)N(Cc2ccccc2)c2ccccc21. The molecule has 4 nitrogen and oxygen atoms in total. The molecular formula is C25H26ClN3O. The van der Waals surface area contributed by atoms with Crippen molar-refractivity contribution >= 4 is 34.6 Å². The molecule has 1 aliphatic heterocycles. The number of halogens is 1. The highest BCUT2D eigenvalue weighted by atomic mass is 35.5. The molecule has 0 aliphatic carbocycles. The van der Waals surface area contributed by atoms with Crippen LogP contribution in [0.2, 0.25) is 5.02 Å². The van der Waals surface area contributed by atoms with Gasteiger partial charge in [0.05, 0.1) is 29.2 Å². The number of benzene rings is 3. The Hall–Kier alpha value is -2.82. The van der Waals surface area contributed by atoms with Crippen molar-refractivity contribution in [3.63, 3.8) is 0 Å². The number of carbonyl (C=O) groups is 1. The van der Waals surface area contributed by atoms with Crippen LogP contribution in [0, 0.1) is 0 Å². The Bertz CT molecular complexity index is 1020. The van der Waals surface area contributed by atoms with Crippen LogP contribution in [0.5, 0.6) is 0 Å². The zero-order valence-electron chi connectivity index (χ0n) is 17.1. The molecule has 3 aromatic carbocycles. The Labute approximate surface area is 183 Å². The molecule has 3 aromatic rings. The molecule has 0 saturated heterocycles. The molecule has 1 aliphatic rings. The maximum Gasteiger partial charge on any atom is 0.260 e. The molecule has 0 radical (unpaired) electrons. The van der Waals surface area contributed by atoms with Gasteiger partial charge in [-0.2, -0.15) is 0 Å². The van der Waals surface area contributed by atoms with Crippen LogP contribution in [0.3, 0.4) is 0 Å². The highest BCUT2D eigenvalue weighted by Crippen LogP contribution is 2.42. The van der Waals surface area contributed by atoms with Gasteiger partial charge in [-0.15, -0.1) is 0 Å². The topological polar surface area (TPSA) is 35.6 Å². The minimum atomic E-state index is -0.00399. The highest BCUT2D eigenvalue weighted by Gasteiger charge is 2.30. The lowest BCUT2D eigenvalue weighted by Gasteiger charge is -2.27. The van der Waals surface area contributed by atoms with Gasteiger partial charge in [0.25, 0.3) is 5.91 Å². The number of para-hydroxylation sites is 2. The minimum absolute atomic E-state index is 0.00399. The van der Waals surface area contributed by atoms with Crippen molar-refractivity contribution < 1.29 is 4.79 Å². The van der Waals surface area contributed by atoms with Gasteiger partial charge in [0, 0.05) is 11.6 Å². The van der Waals surface area contributed by atoms with Crippen LogP contribution >= 0.6 is 11.6 Å². The summed E-state index contributed by atoms with van der Waals surface area (Å²) in [6.07, 6.45) is 2.07. The summed E-state index contributed by atoms with van der Waals surface area (Å²) in [4.78, 5) is 17.8. The summed E-state index contributed by atoms with van der Waals surface area (Å²) in [6.45, 7) is 2.31. The molecule has 0 fully saturated rings. The van der Waals surface area contributed by atoms with Crippen LogP contribution in [0.15, 0.2) is 72.8 Å². The zero-order valence-corrected chi connectivity index (χ0v) is 17.9. The second kappa shape index (κ2) is 9.33. The first-order chi connectivity index (χ1) is 14.7. The molecule has 0 bridgehead atoms. The Morgan fingerprint density at radius 2 is 1.53 bits per heavy atom. The number of carbonyl (C=O) groups excluding carboxylic acids is 1. The van der Waals surface area contributed by atoms with Gasteiger partial charge >= 0.3 is 0 Å². The van der Waals surface area contributed by atoms with Gasteiger partial charge in [0.1, 0.15) is 0 Å². The molecule has 154 valence electrons. The maximum absolute atomic E-state index is 13.7. The molecule has 0 saturated carbocycles. The van der Waals surface area contributed by atoms with E-state index in [1.807, 2.05) is 60.5 Å². The van der Waals surface area contributed by atoms with E-state index in [9.17, 15) is 4.79 Å². The minimum Gasteiger partial charge on any atom is -0.339 e. The van der Waals surface area contributed by atoms with Crippen molar-refractivity contribution in [1.29, 1.82) is 0 Å². The second-order valence-corrected chi connectivity index (χ2v) is 7.93. The fourth-order valence-electron chi connectivity index (χ4n) is 3.95. The molecule has 1 amide bonds. The molecule has 0 unspecified atom stereocenters. The van der Waals surface area contributed by atoms with Crippen LogP contribution in [0.4, 0.5) is 17.1 Å². The standard InChI is InChI=1S/C25H26ClN3O/c1-27-15-7-8-16-28-22-11-5-6-12-23(22)29(18-19-9-3-2-4-10-19)25(30)21-14-13-20(26)17-24(21)28/h2-6,9-14,17,27H,7-8,15-16,18H2,1H3. The lowest BCUT2D eigenvalue weighted by molar-refractivity contribution is 0.0986. The van der Waals surface area contributed by atoms with E-state index in [0.29, 0.717) is 17.1 Å². The predicted molar refractivity (Wildman–Crippen MR) is 125 cm³/mol. The zero-order chi connectivity index (χ0) is 20.9. The number of hydrogen-bond acceptors (Lipinski definition) is 3. The summed E-state index contributed by atoms with van der Waals surface area (Å²) in [5, 5.41) is 3.84. The summed E-state index contributed by atoms with van der Waals surface area (Å²) in [6, 6.07) is 23.8. The number of rotatable bonds is 7. The monoisotopic (exact) mass is 419 g/mol. The third-order valence-corrected chi connectivity index (χ3v) is 5.67. The van der Waals surface area contributed by atoms with Gasteiger partial charge in [-0.05, 0) is 62.3 Å². The summed E-state index contributed by atoms with van der Waals surface area (Å²) >= 11 is 6.36. The second-order valence-electron chi connectivity index (χ2n) is 7.49. The van der Waals surface area contributed by atoms with E-state index < -0.39 is 0 Å². The number of amides is 1. The summed E-state index contributed by atoms with van der Waals surface area (Å²) < 4.78 is 0. The molecule has 0 atom stereocenters. The van der Waals surface area contributed by atoms with Crippen LogP contribution in [-0.4, -0.2) is 26.0 Å². The van der Waals surface area contributed by atoms with E-state index in [1.165, 1.54) is 0 Å². The lowest BCUT2D eigenvalue weighted by atomic mass is 10.1. The molecular weight excluding hydrogens is 394 g/mol. The Morgan fingerprint density at radius 1 is 0.833 bits per heavy atom. The Morgan fingerprint density at radius 3 is 2.27 bits per heavy atom. The molecule has 30 heavy (non-hydrogen) atoms. The van der Waals surface area contributed by atoms with Gasteiger partial charge in [-0.25, -0.2) is 0 Å². The van der Waals surface area contributed by atoms with Crippen molar-refractivity contribution in [3.05, 3.63) is 88.9 Å². The average molecular weight is 420 g/mol. The van der Waals surface area contributed by atoms with Gasteiger partial charge in [0.15, 0.2) is 0 Å². The summed E-state index contributed by atoms with van der Waals surface area (Å²) in [7, 11) is 1.97. The van der Waals surface area contributed by atoms with E-state index in [1.54, 1.807) is 6.07 Å². The molecule has 0 spiro atoms. The number of anilines is 3. The first-order valence-corrected chi connectivity index (χ1v) is 10.7. The van der Waals surface area contributed by atoms with Gasteiger partial charge < -0.3 is 15.1 Å². The van der Waals surface area contributed by atoms with Crippen LogP contribution in [0.1, 0.15) is 28.8 Å². The first kappa shape index (κ1) is 20.5. The van der Waals surface area contributed by atoms with E-state index in [0.717, 1.165) is 48.6 Å². The van der Waals surface area contributed by atoms with Crippen molar-refractivity contribution in [3.8, 4) is 0 Å². The van der Waals surface area contributed by atoms with Crippen LogP contribution in [-0.2, 0) is 6.54 Å². The highest BCUT2D eigenvalue weighted by molar-refractivity contribution is 6.31. The van der Waals surface area contributed by atoms with Gasteiger partial charge in [-0.1, -0.05) is 54.1 Å². The number of hydrogen-bond donors (Lipinski definition) is 1. The third kappa shape index (κ3) is 4.20. The van der Waals surface area contributed by atoms with Crippen LogP contribution < -0.4 is 15.1 Å². The molecule has 1 heterocycles. The number of unbranched alkanes of at least 4 members (excludes halogenated alkanes) is 1. The number of fused-ring (bicyclic) bond motifs is 2. The van der Waals surface area contributed by atoms with Gasteiger partial charge in [0.2, 0.25) is 0 Å². The van der Waals surface area contributed by atoms with Gasteiger partial charge in [-0.3, -0.25) is 4.79 Å². The Kier molecular flexibility index (Phi) is 6.36. The third-order valence-electron chi connectivity index (χ3n) is 5.43. The van der Waals surface area contributed by atoms with E-state index in [-0.39, 0.29) is 5.91 Å². The number of nitrogens with zero attached hydrogens (tertiary/aromatic N) is 2. The molecule has 5 heteroatoms. The summed E-state index contributed by atoms with van der Waals surface area (Å²) in [5.74, 6) is -0.00399. The summed E-state index contributed by atoms with van der Waals surface area (Å²) in [5.41, 5.74) is 4.61. The van der Waals surface area contributed by atoms with Crippen molar-refractivity contribution in [2.75, 3.05) is 29.9 Å². The normalized spacial score (nSPS) is 13.1. The van der Waals surface area contributed by atoms with Crippen molar-refractivity contribution in [2.24, 2.45) is 0 Å². The maximum atomic E-state index is 13.7. The van der Waals surface area contributed by atoms with E-state index in [4.69, 9.17) is 11.6 Å². The smallest absolute Gasteiger partial charge is 0.260 e. The Balaban J connectivity index is 1.80. The fourth-order valence-corrected chi connectivity index (χ4v) is 4.12. The van der Waals surface area contributed by atoms with Crippen molar-refractivity contribution in [2.45, 2.75) is 19.4 Å². The first-order valence-electron chi connectivity index (χ1n) is 10.4. The predicted octanol–water partition coefficient (Wildman–Crippen LogP) is 5.64.